The van der Waals surface area contributed by atoms with Crippen molar-refractivity contribution in [3.63, 3.8) is 0 Å². The lowest BCUT2D eigenvalue weighted by Gasteiger charge is -2.33. The van der Waals surface area contributed by atoms with Crippen LogP contribution in [0.25, 0.3) is 0 Å². The van der Waals surface area contributed by atoms with Gasteiger partial charge in [-0.2, -0.15) is 4.31 Å². The maximum atomic E-state index is 12.6. The van der Waals surface area contributed by atoms with Crippen LogP contribution in [0, 0.1) is 0 Å². The highest BCUT2D eigenvalue weighted by Crippen LogP contribution is 2.13. The van der Waals surface area contributed by atoms with Crippen molar-refractivity contribution in [3.8, 4) is 0 Å². The molecule has 0 unspecified atom stereocenters. The second kappa shape index (κ2) is 10.9. The standard InChI is InChI=1S/C25H31N5O3S/c1-2-34(32,33)30-15-13-28(14-16-30)18-23-7-9-24(10-8-23)25(31)27-17-21-3-5-22(6-4-21)19-29-12-11-26-20-29/h3-12,20H,2,13-19H2,1H3,(H,27,31). The minimum absolute atomic E-state index is 0.104. The summed E-state index contributed by atoms with van der Waals surface area (Å²) in [6.07, 6.45) is 5.48. The van der Waals surface area contributed by atoms with Crippen LogP contribution >= 0.6 is 0 Å². The average Bonchev–Trinajstić information content (AvgIpc) is 3.37. The molecule has 2 aromatic carbocycles. The van der Waals surface area contributed by atoms with Crippen molar-refractivity contribution >= 4 is 15.9 Å². The molecule has 8 nitrogen and oxygen atoms in total. The summed E-state index contributed by atoms with van der Waals surface area (Å²) in [6, 6.07) is 15.8. The lowest BCUT2D eigenvalue weighted by molar-refractivity contribution is 0.0951. The van der Waals surface area contributed by atoms with Gasteiger partial charge in [0.25, 0.3) is 5.91 Å². The van der Waals surface area contributed by atoms with E-state index in [2.05, 4.69) is 27.3 Å². The van der Waals surface area contributed by atoms with Crippen LogP contribution in [0.5, 0.6) is 0 Å². The fourth-order valence-corrected chi connectivity index (χ4v) is 5.09. The van der Waals surface area contributed by atoms with Crippen LogP contribution in [-0.4, -0.2) is 65.0 Å². The van der Waals surface area contributed by atoms with Crippen molar-refractivity contribution in [2.75, 3.05) is 31.9 Å². The Balaban J connectivity index is 1.23. The van der Waals surface area contributed by atoms with Gasteiger partial charge < -0.3 is 9.88 Å². The van der Waals surface area contributed by atoms with E-state index in [4.69, 9.17) is 0 Å². The van der Waals surface area contributed by atoms with E-state index in [1.54, 1.807) is 23.8 Å². The summed E-state index contributed by atoms with van der Waals surface area (Å²) in [5.41, 5.74) is 3.96. The summed E-state index contributed by atoms with van der Waals surface area (Å²) in [6.45, 7) is 6.14. The fraction of sp³-hybridized carbons (Fsp3) is 0.360. The molecule has 1 amide bonds. The lowest BCUT2D eigenvalue weighted by atomic mass is 10.1. The molecule has 1 aliphatic heterocycles. The van der Waals surface area contributed by atoms with Crippen molar-refractivity contribution in [2.24, 2.45) is 0 Å². The quantitative estimate of drug-likeness (QED) is 0.507. The predicted octanol–water partition coefficient (Wildman–Crippen LogP) is 2.33. The van der Waals surface area contributed by atoms with Crippen molar-refractivity contribution < 1.29 is 13.2 Å². The SMILES string of the molecule is CCS(=O)(=O)N1CCN(Cc2ccc(C(=O)NCc3ccc(Cn4ccnc4)cc3)cc2)CC1. The minimum Gasteiger partial charge on any atom is -0.348 e. The molecule has 4 rings (SSSR count). The highest BCUT2D eigenvalue weighted by molar-refractivity contribution is 7.89. The zero-order valence-corrected chi connectivity index (χ0v) is 20.2. The molecular weight excluding hydrogens is 450 g/mol. The van der Waals surface area contributed by atoms with Crippen molar-refractivity contribution in [2.45, 2.75) is 26.6 Å². The molecule has 2 heterocycles. The topological polar surface area (TPSA) is 87.5 Å². The first kappa shape index (κ1) is 24.1. The summed E-state index contributed by atoms with van der Waals surface area (Å²) < 4.78 is 27.6. The summed E-state index contributed by atoms with van der Waals surface area (Å²) >= 11 is 0. The van der Waals surface area contributed by atoms with Gasteiger partial charge in [-0.3, -0.25) is 9.69 Å². The Hall–Kier alpha value is -3.01. The third kappa shape index (κ3) is 6.31. The summed E-state index contributed by atoms with van der Waals surface area (Å²) in [5.74, 6) is 0.0427. The zero-order valence-electron chi connectivity index (χ0n) is 19.4. The Morgan fingerprint density at radius 3 is 2.15 bits per heavy atom. The molecule has 1 N–H and O–H groups in total. The van der Waals surface area contributed by atoms with Gasteiger partial charge in [-0.1, -0.05) is 36.4 Å². The number of carbonyl (C=O) groups is 1. The fourth-order valence-electron chi connectivity index (χ4n) is 4.01. The number of carbonyl (C=O) groups excluding carboxylic acids is 1. The van der Waals surface area contributed by atoms with Gasteiger partial charge in [0.2, 0.25) is 10.0 Å². The maximum Gasteiger partial charge on any atom is 0.251 e. The highest BCUT2D eigenvalue weighted by Gasteiger charge is 2.25. The third-order valence-electron chi connectivity index (χ3n) is 6.11. The Bertz CT molecular complexity index is 1170. The predicted molar refractivity (Wildman–Crippen MR) is 132 cm³/mol. The Kier molecular flexibility index (Phi) is 7.77. The number of piperazine rings is 1. The normalized spacial score (nSPS) is 15.3. The number of nitrogens with zero attached hydrogens (tertiary/aromatic N) is 4. The molecule has 3 aromatic rings. The molecule has 1 fully saturated rings. The number of rotatable bonds is 9. The van der Waals surface area contributed by atoms with E-state index in [0.717, 1.165) is 24.2 Å². The van der Waals surface area contributed by atoms with Crippen molar-refractivity contribution in [1.82, 2.24) is 24.1 Å². The molecule has 0 radical (unpaired) electrons. The van der Waals surface area contributed by atoms with Gasteiger partial charge in [0.1, 0.15) is 0 Å². The number of sulfonamides is 1. The second-order valence-electron chi connectivity index (χ2n) is 8.51. The van der Waals surface area contributed by atoms with Crippen LogP contribution in [0.4, 0.5) is 0 Å². The van der Waals surface area contributed by atoms with E-state index in [9.17, 15) is 13.2 Å². The largest absolute Gasteiger partial charge is 0.348 e. The van der Waals surface area contributed by atoms with Gasteiger partial charge in [-0.05, 0) is 35.7 Å². The van der Waals surface area contributed by atoms with Crippen LogP contribution in [0.1, 0.15) is 34.0 Å². The first-order valence-corrected chi connectivity index (χ1v) is 13.1. The smallest absolute Gasteiger partial charge is 0.251 e. The highest BCUT2D eigenvalue weighted by atomic mass is 32.2. The molecular formula is C25H31N5O3S. The van der Waals surface area contributed by atoms with Crippen LogP contribution in [0.3, 0.4) is 0 Å². The van der Waals surface area contributed by atoms with Gasteiger partial charge in [0.15, 0.2) is 0 Å². The molecule has 0 spiro atoms. The van der Waals surface area contributed by atoms with Gasteiger partial charge in [0.05, 0.1) is 12.1 Å². The number of nitrogens with one attached hydrogen (secondary N) is 1. The first-order chi connectivity index (χ1) is 16.4. The van der Waals surface area contributed by atoms with Gasteiger partial charge >= 0.3 is 0 Å². The number of imidazole rings is 1. The zero-order chi connectivity index (χ0) is 24.0. The number of benzene rings is 2. The van der Waals surface area contributed by atoms with E-state index in [-0.39, 0.29) is 11.7 Å². The molecule has 0 bridgehead atoms. The Morgan fingerprint density at radius 2 is 1.53 bits per heavy atom. The van der Waals surface area contributed by atoms with E-state index >= 15 is 0 Å². The summed E-state index contributed by atoms with van der Waals surface area (Å²) in [4.78, 5) is 18.9. The van der Waals surface area contributed by atoms with E-state index in [1.165, 1.54) is 5.56 Å². The van der Waals surface area contributed by atoms with E-state index in [1.807, 2.05) is 47.2 Å². The third-order valence-corrected chi connectivity index (χ3v) is 7.99. The minimum atomic E-state index is -3.11. The molecule has 1 aromatic heterocycles. The van der Waals surface area contributed by atoms with E-state index < -0.39 is 10.0 Å². The summed E-state index contributed by atoms with van der Waals surface area (Å²) in [7, 11) is -3.11. The van der Waals surface area contributed by atoms with Crippen LogP contribution in [-0.2, 0) is 29.7 Å². The van der Waals surface area contributed by atoms with Crippen molar-refractivity contribution in [1.29, 1.82) is 0 Å². The van der Waals surface area contributed by atoms with Crippen LogP contribution < -0.4 is 5.32 Å². The monoisotopic (exact) mass is 481 g/mol. The van der Waals surface area contributed by atoms with Gasteiger partial charge in [0, 0.05) is 63.8 Å². The van der Waals surface area contributed by atoms with Crippen LogP contribution in [0.15, 0.2) is 67.3 Å². The molecule has 0 aliphatic carbocycles. The molecule has 34 heavy (non-hydrogen) atoms. The number of hydrogen-bond donors (Lipinski definition) is 1. The Morgan fingerprint density at radius 1 is 0.912 bits per heavy atom. The molecule has 180 valence electrons. The molecule has 0 atom stereocenters. The number of hydrogen-bond acceptors (Lipinski definition) is 5. The average molecular weight is 482 g/mol. The maximum absolute atomic E-state index is 12.6. The first-order valence-electron chi connectivity index (χ1n) is 11.5. The lowest BCUT2D eigenvalue weighted by Crippen LogP contribution is -2.48. The Labute approximate surface area is 201 Å². The summed E-state index contributed by atoms with van der Waals surface area (Å²) in [5, 5.41) is 2.98. The van der Waals surface area contributed by atoms with Gasteiger partial charge in [-0.15, -0.1) is 0 Å². The van der Waals surface area contributed by atoms with Gasteiger partial charge in [-0.25, -0.2) is 13.4 Å². The second-order valence-corrected chi connectivity index (χ2v) is 10.8. The molecule has 1 aliphatic rings. The van der Waals surface area contributed by atoms with Crippen molar-refractivity contribution in [3.05, 3.63) is 89.5 Å². The molecule has 0 saturated carbocycles. The molecule has 9 heteroatoms. The number of aromatic nitrogens is 2. The van der Waals surface area contributed by atoms with Crippen LogP contribution in [0.2, 0.25) is 0 Å². The molecule has 1 saturated heterocycles. The number of amides is 1. The van der Waals surface area contributed by atoms with E-state index in [0.29, 0.717) is 38.3 Å².